The van der Waals surface area contributed by atoms with Crippen LogP contribution >= 0.6 is 0 Å². The van der Waals surface area contributed by atoms with Gasteiger partial charge in [0.2, 0.25) is 5.91 Å². The number of fused-ring (bicyclic) bond motifs is 5. The molecular weight excluding hydrogens is 442 g/mol. The van der Waals surface area contributed by atoms with Crippen LogP contribution in [0.5, 0.6) is 0 Å². The Balaban J connectivity index is 1.28. The zero-order chi connectivity index (χ0) is 24.0. The van der Waals surface area contributed by atoms with Gasteiger partial charge < -0.3 is 9.64 Å². The Morgan fingerprint density at radius 1 is 0.971 bits per heavy atom. The van der Waals surface area contributed by atoms with Gasteiger partial charge in [-0.05, 0) is 55.9 Å². The molecule has 8 heteroatoms. The molecular formula is C27H37N5O3. The molecule has 0 saturated carbocycles. The number of rotatable bonds is 2. The van der Waals surface area contributed by atoms with Gasteiger partial charge in [-0.3, -0.25) is 14.5 Å². The minimum atomic E-state index is -0.135. The molecule has 2 fully saturated rings. The van der Waals surface area contributed by atoms with Crippen molar-refractivity contribution >= 4 is 11.9 Å². The second kappa shape index (κ2) is 11.3. The van der Waals surface area contributed by atoms with Crippen LogP contribution in [0.4, 0.5) is 0 Å². The van der Waals surface area contributed by atoms with Crippen LogP contribution in [0.25, 0.3) is 0 Å². The minimum Gasteiger partial charge on any atom is -0.466 e. The Morgan fingerprint density at radius 2 is 1.86 bits per heavy atom. The summed E-state index contributed by atoms with van der Waals surface area (Å²) in [7, 11) is 0. The summed E-state index contributed by atoms with van der Waals surface area (Å²) in [6.07, 6.45) is 7.83. The van der Waals surface area contributed by atoms with E-state index in [2.05, 4.69) is 50.4 Å². The monoisotopic (exact) mass is 479 g/mol. The van der Waals surface area contributed by atoms with Crippen LogP contribution in [-0.4, -0.2) is 69.0 Å². The van der Waals surface area contributed by atoms with Crippen molar-refractivity contribution < 1.29 is 14.3 Å². The molecule has 1 aromatic heterocycles. The maximum atomic E-state index is 13.4. The van der Waals surface area contributed by atoms with E-state index in [1.54, 1.807) is 6.20 Å². The van der Waals surface area contributed by atoms with Crippen molar-refractivity contribution in [3.63, 3.8) is 0 Å². The molecule has 0 radical (unpaired) electrons. The maximum absolute atomic E-state index is 13.4. The third-order valence-electron chi connectivity index (χ3n) is 7.79. The number of nitrogens with zero attached hydrogens (tertiary/aromatic N) is 5. The van der Waals surface area contributed by atoms with Gasteiger partial charge in [0.1, 0.15) is 0 Å². The van der Waals surface area contributed by atoms with Crippen LogP contribution < -0.4 is 0 Å². The number of benzene rings is 1. The van der Waals surface area contributed by atoms with Gasteiger partial charge in [0, 0.05) is 51.6 Å². The number of ether oxygens (including phenoxy) is 1. The topological polar surface area (TPSA) is 80.6 Å². The van der Waals surface area contributed by atoms with Crippen LogP contribution in [0.15, 0.2) is 36.5 Å². The first kappa shape index (κ1) is 24.0. The van der Waals surface area contributed by atoms with Crippen LogP contribution in [0.1, 0.15) is 56.2 Å². The molecule has 0 N–H and O–H groups in total. The number of piperidine rings is 2. The summed E-state index contributed by atoms with van der Waals surface area (Å²) < 4.78 is 7.37. The zero-order valence-corrected chi connectivity index (χ0v) is 20.6. The molecule has 3 atom stereocenters. The molecule has 35 heavy (non-hydrogen) atoms. The van der Waals surface area contributed by atoms with E-state index in [4.69, 9.17) is 4.74 Å². The number of hydrogen-bond donors (Lipinski definition) is 0. The van der Waals surface area contributed by atoms with Crippen molar-refractivity contribution in [3.05, 3.63) is 47.8 Å². The van der Waals surface area contributed by atoms with E-state index in [-0.39, 0.29) is 17.9 Å². The quantitative estimate of drug-likeness (QED) is 0.616. The van der Waals surface area contributed by atoms with Crippen molar-refractivity contribution in [1.82, 2.24) is 24.8 Å². The van der Waals surface area contributed by atoms with Gasteiger partial charge in [0.15, 0.2) is 0 Å². The summed E-state index contributed by atoms with van der Waals surface area (Å²) in [4.78, 5) is 30.5. The van der Waals surface area contributed by atoms with Crippen molar-refractivity contribution in [3.8, 4) is 0 Å². The Bertz CT molecular complexity index is 994. The van der Waals surface area contributed by atoms with Gasteiger partial charge in [-0.15, -0.1) is 5.10 Å². The van der Waals surface area contributed by atoms with Crippen LogP contribution in [-0.2, 0) is 33.8 Å². The summed E-state index contributed by atoms with van der Waals surface area (Å²) in [5.74, 6) is 1.07. The van der Waals surface area contributed by atoms with E-state index in [9.17, 15) is 9.59 Å². The highest BCUT2D eigenvalue weighted by Crippen LogP contribution is 2.36. The first-order chi connectivity index (χ1) is 17.2. The average molecular weight is 480 g/mol. The molecule has 0 spiro atoms. The number of aryl methyl sites for hydroxylation is 2. The van der Waals surface area contributed by atoms with Crippen LogP contribution in [0.3, 0.4) is 0 Å². The predicted molar refractivity (Wildman–Crippen MR) is 131 cm³/mol. The van der Waals surface area contributed by atoms with E-state index < -0.39 is 0 Å². The lowest BCUT2D eigenvalue weighted by atomic mass is 9.77. The molecule has 2 aromatic rings. The maximum Gasteiger partial charge on any atom is 0.305 e. The highest BCUT2D eigenvalue weighted by Gasteiger charge is 2.42. The number of carbonyl (C=O) groups excluding carboxylic acids is 2. The Labute approximate surface area is 207 Å². The third-order valence-corrected chi connectivity index (χ3v) is 7.79. The van der Waals surface area contributed by atoms with E-state index in [1.165, 1.54) is 12.0 Å². The molecule has 8 nitrogen and oxygen atoms in total. The fourth-order valence-corrected chi connectivity index (χ4v) is 6.23. The molecule has 1 aromatic carbocycles. The summed E-state index contributed by atoms with van der Waals surface area (Å²) in [5.41, 5.74) is 2.37. The zero-order valence-electron chi connectivity index (χ0n) is 20.6. The standard InChI is InChI=1S/C27H37N5O3/c33-26-11-5-13-32-24(16-28-29-32)9-6-14-35-27(34)12-4-10-25-23-15-22(19-31(25)26)18-30(20-23)17-21-7-2-1-3-8-21/h1-3,7-8,16,22-23,25H,4-6,9-15,17-20H2/t22?,23-,25?/m0/s1. The van der Waals surface area contributed by atoms with Gasteiger partial charge >= 0.3 is 5.97 Å². The van der Waals surface area contributed by atoms with Crippen LogP contribution in [0, 0.1) is 11.8 Å². The number of hydrogen-bond acceptors (Lipinski definition) is 6. The first-order valence-corrected chi connectivity index (χ1v) is 13.2. The molecule has 5 rings (SSSR count). The van der Waals surface area contributed by atoms with Crippen molar-refractivity contribution in [2.75, 3.05) is 26.2 Å². The molecule has 3 aliphatic heterocycles. The van der Waals surface area contributed by atoms with E-state index in [0.29, 0.717) is 37.8 Å². The highest BCUT2D eigenvalue weighted by molar-refractivity contribution is 5.76. The number of carbonyl (C=O) groups is 2. The largest absolute Gasteiger partial charge is 0.466 e. The first-order valence-electron chi connectivity index (χ1n) is 13.2. The fraction of sp³-hybridized carbons (Fsp3) is 0.630. The van der Waals surface area contributed by atoms with Gasteiger partial charge in [-0.1, -0.05) is 35.5 Å². The van der Waals surface area contributed by atoms with Crippen molar-refractivity contribution in [2.45, 2.75) is 70.5 Å². The predicted octanol–water partition coefficient (Wildman–Crippen LogP) is 3.07. The molecule has 2 saturated heterocycles. The molecule has 0 aliphatic carbocycles. The van der Waals surface area contributed by atoms with E-state index in [0.717, 1.165) is 64.0 Å². The van der Waals surface area contributed by atoms with Crippen molar-refractivity contribution in [1.29, 1.82) is 0 Å². The number of aromatic nitrogens is 3. The average Bonchev–Trinajstić information content (AvgIpc) is 3.30. The molecule has 2 bridgehead atoms. The minimum absolute atomic E-state index is 0.135. The SMILES string of the molecule is O=C1CCCC2[C@H]3CC(CN(Cc4ccccc4)C3)CN2C(=O)CCCn2nncc2CCCO1. The second-order valence-electron chi connectivity index (χ2n) is 10.4. The third kappa shape index (κ3) is 6.10. The number of esters is 1. The lowest BCUT2D eigenvalue weighted by molar-refractivity contribution is -0.144. The van der Waals surface area contributed by atoms with Gasteiger partial charge in [0.25, 0.3) is 0 Å². The molecule has 3 aliphatic rings. The van der Waals surface area contributed by atoms with Crippen molar-refractivity contribution in [2.24, 2.45) is 11.8 Å². The van der Waals surface area contributed by atoms with Gasteiger partial charge in [-0.2, -0.15) is 0 Å². The number of cyclic esters (lactones) is 1. The summed E-state index contributed by atoms with van der Waals surface area (Å²) >= 11 is 0. The van der Waals surface area contributed by atoms with Crippen LogP contribution in [0.2, 0.25) is 0 Å². The van der Waals surface area contributed by atoms with Gasteiger partial charge in [0.05, 0.1) is 18.5 Å². The smallest absolute Gasteiger partial charge is 0.305 e. The Kier molecular flexibility index (Phi) is 7.76. The van der Waals surface area contributed by atoms with E-state index >= 15 is 0 Å². The fourth-order valence-electron chi connectivity index (χ4n) is 6.23. The van der Waals surface area contributed by atoms with E-state index in [1.807, 2.05) is 4.68 Å². The Hall–Kier alpha value is -2.74. The molecule has 2 unspecified atom stereocenters. The lowest BCUT2D eigenvalue weighted by Crippen LogP contribution is -2.59. The molecule has 4 heterocycles. The van der Waals surface area contributed by atoms with Gasteiger partial charge in [-0.25, -0.2) is 4.68 Å². The Morgan fingerprint density at radius 3 is 2.74 bits per heavy atom. The lowest BCUT2D eigenvalue weighted by Gasteiger charge is -2.51. The molecule has 188 valence electrons. The number of amides is 1. The summed E-state index contributed by atoms with van der Waals surface area (Å²) in [5, 5.41) is 8.24. The molecule has 1 amide bonds. The summed E-state index contributed by atoms with van der Waals surface area (Å²) in [6, 6.07) is 10.8. The second-order valence-corrected chi connectivity index (χ2v) is 10.4. The number of likely N-dealkylation sites (tertiary alicyclic amines) is 1. The highest BCUT2D eigenvalue weighted by atomic mass is 16.5. The summed E-state index contributed by atoms with van der Waals surface area (Å²) in [6.45, 7) is 4.95. The normalized spacial score (nSPS) is 27.1.